The molecule has 2 saturated heterocycles. The molecule has 2 aromatic rings. The van der Waals surface area contributed by atoms with Crippen molar-refractivity contribution >= 4 is 23.2 Å². The van der Waals surface area contributed by atoms with Gasteiger partial charge in [-0.3, -0.25) is 9.59 Å². The van der Waals surface area contributed by atoms with E-state index in [4.69, 9.17) is 0 Å². The summed E-state index contributed by atoms with van der Waals surface area (Å²) in [6.45, 7) is 6.10. The number of thiazole rings is 1. The first-order valence-corrected chi connectivity index (χ1v) is 13.7. The van der Waals surface area contributed by atoms with E-state index in [2.05, 4.69) is 4.98 Å². The molecule has 0 bridgehead atoms. The number of halogens is 6. The average molecular weight is 608 g/mol. The van der Waals surface area contributed by atoms with E-state index in [0.29, 0.717) is 6.54 Å². The Morgan fingerprint density at radius 3 is 2.10 bits per heavy atom. The molecule has 2 aliphatic rings. The van der Waals surface area contributed by atoms with Gasteiger partial charge in [0.05, 0.1) is 23.6 Å². The normalized spacial score (nSPS) is 19.9. The summed E-state index contributed by atoms with van der Waals surface area (Å²) >= 11 is 0.794. The van der Waals surface area contributed by atoms with Gasteiger partial charge in [0.1, 0.15) is 11.3 Å². The zero-order valence-corrected chi connectivity index (χ0v) is 23.9. The number of carbonyl (C=O) groups is 2. The first-order chi connectivity index (χ1) is 18.6. The molecule has 0 radical (unpaired) electrons. The van der Waals surface area contributed by atoms with Crippen molar-refractivity contribution in [1.82, 2.24) is 14.8 Å². The molecule has 1 atom stereocenters. The second-order valence-electron chi connectivity index (χ2n) is 11.6. The molecule has 0 saturated carbocycles. The van der Waals surface area contributed by atoms with Crippen LogP contribution in [0.5, 0.6) is 0 Å². The molecule has 226 valence electrons. The maximum atomic E-state index is 13.7. The van der Waals surface area contributed by atoms with E-state index >= 15 is 0 Å². The van der Waals surface area contributed by atoms with Gasteiger partial charge in [0.25, 0.3) is 11.8 Å². The molecular formula is C27H31F6N3O4S. The lowest BCUT2D eigenvalue weighted by Crippen LogP contribution is -2.72. The number of carbonyl (C=O) groups excluding carboxylic acids is 2. The summed E-state index contributed by atoms with van der Waals surface area (Å²) < 4.78 is 82.2. The Labute approximate surface area is 236 Å². The number of benzene rings is 1. The van der Waals surface area contributed by atoms with Gasteiger partial charge in [-0.15, -0.1) is 11.3 Å². The molecule has 2 N–H and O–H groups in total. The number of alkyl halides is 6. The number of β-amino-alcohol motifs (C(OH)–C–C–N with tert-alkyl or cyclic N) is 1. The van der Waals surface area contributed by atoms with Crippen LogP contribution >= 0.6 is 11.3 Å². The molecule has 4 rings (SSSR count). The lowest BCUT2D eigenvalue weighted by atomic mass is 9.79. The molecule has 1 aromatic carbocycles. The van der Waals surface area contributed by atoms with E-state index in [1.807, 2.05) is 6.92 Å². The fourth-order valence-corrected chi connectivity index (χ4v) is 6.19. The van der Waals surface area contributed by atoms with E-state index in [9.17, 15) is 46.1 Å². The molecule has 0 spiro atoms. The van der Waals surface area contributed by atoms with Gasteiger partial charge in [-0.05, 0) is 64.2 Å². The van der Waals surface area contributed by atoms with Gasteiger partial charge in [-0.25, -0.2) is 4.98 Å². The number of rotatable bonds is 5. The highest BCUT2D eigenvalue weighted by Crippen LogP contribution is 2.52. The second-order valence-corrected chi connectivity index (χ2v) is 12.6. The van der Waals surface area contributed by atoms with Gasteiger partial charge in [0, 0.05) is 12.6 Å². The number of aliphatic hydroxyl groups is 2. The van der Waals surface area contributed by atoms with E-state index < -0.39 is 46.3 Å². The molecule has 2 fully saturated rings. The number of aryl methyl sites for hydroxylation is 1. The van der Waals surface area contributed by atoms with Crippen LogP contribution in [0.4, 0.5) is 26.3 Å². The Balaban J connectivity index is 1.78. The Morgan fingerprint density at radius 2 is 1.63 bits per heavy atom. The van der Waals surface area contributed by atoms with Crippen molar-refractivity contribution in [3.63, 3.8) is 0 Å². The lowest BCUT2D eigenvalue weighted by Gasteiger charge is -2.52. The maximum absolute atomic E-state index is 13.7. The minimum Gasteiger partial charge on any atom is -0.387 e. The van der Waals surface area contributed by atoms with E-state index in [1.54, 1.807) is 4.90 Å². The number of hydrogen-bond donors (Lipinski definition) is 2. The van der Waals surface area contributed by atoms with Gasteiger partial charge in [-0.1, -0.05) is 18.2 Å². The van der Waals surface area contributed by atoms with Gasteiger partial charge in [0.2, 0.25) is 0 Å². The van der Waals surface area contributed by atoms with Crippen molar-refractivity contribution in [2.75, 3.05) is 19.6 Å². The first-order valence-electron chi connectivity index (χ1n) is 12.9. The predicted molar refractivity (Wildman–Crippen MR) is 139 cm³/mol. The highest BCUT2D eigenvalue weighted by atomic mass is 32.1. The Bertz CT molecular complexity index is 1340. The molecule has 14 heteroatoms. The van der Waals surface area contributed by atoms with Crippen LogP contribution in [0.3, 0.4) is 0 Å². The van der Waals surface area contributed by atoms with Crippen molar-refractivity contribution < 1.29 is 46.1 Å². The monoisotopic (exact) mass is 607 g/mol. The Kier molecular flexibility index (Phi) is 7.57. The Morgan fingerprint density at radius 1 is 1.05 bits per heavy atom. The molecule has 2 aliphatic heterocycles. The van der Waals surface area contributed by atoms with Crippen molar-refractivity contribution in [1.29, 1.82) is 0 Å². The molecule has 1 aromatic heterocycles. The van der Waals surface area contributed by atoms with Crippen LogP contribution in [-0.4, -0.2) is 86.0 Å². The number of hydrogen-bond acceptors (Lipinski definition) is 6. The smallest absolute Gasteiger partial charge is 0.387 e. The van der Waals surface area contributed by atoms with Crippen molar-refractivity contribution in [3.05, 3.63) is 40.0 Å². The zero-order valence-electron chi connectivity index (χ0n) is 23.1. The molecule has 7 nitrogen and oxygen atoms in total. The number of likely N-dealkylation sites (tertiary alicyclic amines) is 2. The summed E-state index contributed by atoms with van der Waals surface area (Å²) in [4.78, 5) is 34.0. The largest absolute Gasteiger partial charge is 0.406 e. The summed E-state index contributed by atoms with van der Waals surface area (Å²) in [5, 5.41) is 20.6. The third kappa shape index (κ3) is 5.11. The third-order valence-corrected chi connectivity index (χ3v) is 9.42. The lowest BCUT2D eigenvalue weighted by molar-refractivity contribution is -0.297. The Hall–Kier alpha value is -2.71. The van der Waals surface area contributed by atoms with Gasteiger partial charge >= 0.3 is 12.4 Å². The van der Waals surface area contributed by atoms with Crippen LogP contribution < -0.4 is 0 Å². The number of nitrogens with zero attached hydrogens (tertiary/aromatic N) is 3. The van der Waals surface area contributed by atoms with Gasteiger partial charge in [-0.2, -0.15) is 26.3 Å². The minimum absolute atomic E-state index is 0.0359. The minimum atomic E-state index is -5.63. The van der Waals surface area contributed by atoms with E-state index in [1.165, 1.54) is 25.7 Å². The third-order valence-electron chi connectivity index (χ3n) is 8.34. The predicted octanol–water partition coefficient (Wildman–Crippen LogP) is 5.08. The van der Waals surface area contributed by atoms with E-state index in [0.717, 1.165) is 42.4 Å². The standard InChI is InChI=1S/C27H31F6N3O4S/c1-14-11-16(24(5,26(28,29)30)27(31,32)33)8-9-17(14)19-18(21(37)36-10-6-7-15(36)2)34-20(41-19)22(38)35-12-25(40,13-35)23(3,4)39/h8-9,11,15,39-40H,6-7,10,12-13H2,1-5H3/t15-/m0/s1. The van der Waals surface area contributed by atoms with Crippen molar-refractivity contribution in [2.45, 2.75) is 82.5 Å². The fourth-order valence-electron chi connectivity index (χ4n) is 5.08. The zero-order chi connectivity index (χ0) is 30.9. The molecule has 3 heterocycles. The van der Waals surface area contributed by atoms with Crippen LogP contribution in [0.2, 0.25) is 0 Å². The fraction of sp³-hybridized carbons (Fsp3) is 0.593. The summed E-state index contributed by atoms with van der Waals surface area (Å²) in [6.07, 6.45) is -9.78. The van der Waals surface area contributed by atoms with Crippen LogP contribution in [-0.2, 0) is 5.41 Å². The average Bonchev–Trinajstić information content (AvgIpc) is 3.45. The first kappa shape index (κ1) is 31.2. The molecule has 41 heavy (non-hydrogen) atoms. The summed E-state index contributed by atoms with van der Waals surface area (Å²) in [5.41, 5.74) is -8.11. The molecule has 2 amide bonds. The summed E-state index contributed by atoms with van der Waals surface area (Å²) in [6, 6.07) is 2.48. The highest BCUT2D eigenvalue weighted by Gasteiger charge is 2.68. The van der Waals surface area contributed by atoms with Crippen molar-refractivity contribution in [2.24, 2.45) is 0 Å². The number of aromatic nitrogens is 1. The van der Waals surface area contributed by atoms with Crippen LogP contribution in [0.1, 0.15) is 72.0 Å². The van der Waals surface area contributed by atoms with Crippen LogP contribution in [0.15, 0.2) is 18.2 Å². The van der Waals surface area contributed by atoms with Gasteiger partial charge in [0.15, 0.2) is 10.4 Å². The van der Waals surface area contributed by atoms with E-state index in [-0.39, 0.29) is 52.8 Å². The van der Waals surface area contributed by atoms with Gasteiger partial charge < -0.3 is 20.0 Å². The highest BCUT2D eigenvalue weighted by molar-refractivity contribution is 7.17. The summed E-state index contributed by atoms with van der Waals surface area (Å²) in [5.74, 6) is -1.13. The summed E-state index contributed by atoms with van der Waals surface area (Å²) in [7, 11) is 0. The molecular weight excluding hydrogens is 576 g/mol. The quantitative estimate of drug-likeness (QED) is 0.463. The van der Waals surface area contributed by atoms with Crippen molar-refractivity contribution in [3.8, 4) is 10.4 Å². The molecule has 0 unspecified atom stereocenters. The topological polar surface area (TPSA) is 94.0 Å². The van der Waals surface area contributed by atoms with Crippen LogP contribution in [0, 0.1) is 6.92 Å². The SMILES string of the molecule is Cc1cc(C(C)(C(F)(F)F)C(F)(F)F)ccc1-c1sc(C(=O)N2CC(O)(C(C)(C)O)C2)nc1C(=O)N1CCC[C@@H]1C. The maximum Gasteiger partial charge on any atom is 0.406 e. The van der Waals surface area contributed by atoms with Crippen LogP contribution in [0.25, 0.3) is 10.4 Å². The molecule has 0 aliphatic carbocycles. The number of amides is 2. The second kappa shape index (κ2) is 9.94.